The van der Waals surface area contributed by atoms with Gasteiger partial charge in [0.25, 0.3) is 0 Å². The van der Waals surface area contributed by atoms with Crippen molar-refractivity contribution in [3.05, 3.63) is 22.2 Å². The maximum atomic E-state index is 5.18. The van der Waals surface area contributed by atoms with Crippen LogP contribution in [-0.4, -0.2) is 9.97 Å². The van der Waals surface area contributed by atoms with Gasteiger partial charge in [0.1, 0.15) is 10.5 Å². The van der Waals surface area contributed by atoms with Crippen LogP contribution >= 0.6 is 12.2 Å². The highest BCUT2D eigenvalue weighted by atomic mass is 32.1. The van der Waals surface area contributed by atoms with Crippen LogP contribution in [0.25, 0.3) is 0 Å². The molecule has 0 atom stereocenters. The van der Waals surface area contributed by atoms with Crippen LogP contribution in [0.4, 0.5) is 0 Å². The summed E-state index contributed by atoms with van der Waals surface area (Å²) in [7, 11) is 0. The average molecular weight is 222 g/mol. The Morgan fingerprint density at radius 3 is 2.87 bits per heavy atom. The number of hydrogen-bond acceptors (Lipinski definition) is 2. The number of nitrogens with one attached hydrogen (secondary N) is 1. The van der Waals surface area contributed by atoms with E-state index in [1.165, 1.54) is 25.0 Å². The van der Waals surface area contributed by atoms with Crippen molar-refractivity contribution < 1.29 is 0 Å². The predicted molar refractivity (Wildman–Crippen MR) is 64.6 cm³/mol. The highest BCUT2D eigenvalue weighted by molar-refractivity contribution is 7.71. The van der Waals surface area contributed by atoms with Gasteiger partial charge in [-0.2, -0.15) is 0 Å². The van der Waals surface area contributed by atoms with Crippen LogP contribution < -0.4 is 0 Å². The van der Waals surface area contributed by atoms with Gasteiger partial charge in [0.05, 0.1) is 0 Å². The molecule has 0 amide bonds. The van der Waals surface area contributed by atoms with Crippen molar-refractivity contribution in [3.63, 3.8) is 0 Å². The molecule has 0 aromatic carbocycles. The van der Waals surface area contributed by atoms with Crippen molar-refractivity contribution in [1.82, 2.24) is 9.97 Å². The SMILES string of the molecule is CC(C)CCc1nc(=S)cc(C2CC2)[nH]1. The van der Waals surface area contributed by atoms with E-state index in [0.717, 1.165) is 28.7 Å². The minimum Gasteiger partial charge on any atom is -0.347 e. The second kappa shape index (κ2) is 4.44. The fraction of sp³-hybridized carbons (Fsp3) is 0.667. The van der Waals surface area contributed by atoms with Crippen molar-refractivity contribution >= 4 is 12.2 Å². The van der Waals surface area contributed by atoms with E-state index in [-0.39, 0.29) is 0 Å². The van der Waals surface area contributed by atoms with Crippen molar-refractivity contribution in [2.24, 2.45) is 5.92 Å². The lowest BCUT2D eigenvalue weighted by Gasteiger charge is -2.06. The maximum absolute atomic E-state index is 5.18. The fourth-order valence-electron chi connectivity index (χ4n) is 1.69. The van der Waals surface area contributed by atoms with E-state index in [1.807, 2.05) is 6.07 Å². The lowest BCUT2D eigenvalue weighted by Crippen LogP contribution is -2.01. The van der Waals surface area contributed by atoms with Gasteiger partial charge in [-0.3, -0.25) is 0 Å². The van der Waals surface area contributed by atoms with Crippen LogP contribution in [0.15, 0.2) is 6.07 Å². The molecular weight excluding hydrogens is 204 g/mol. The Morgan fingerprint density at radius 2 is 2.27 bits per heavy atom. The third-order valence-electron chi connectivity index (χ3n) is 2.79. The molecule has 0 unspecified atom stereocenters. The smallest absolute Gasteiger partial charge is 0.129 e. The molecule has 1 aliphatic rings. The number of aryl methyl sites for hydroxylation is 1. The maximum Gasteiger partial charge on any atom is 0.129 e. The third kappa shape index (κ3) is 3.13. The van der Waals surface area contributed by atoms with Crippen LogP contribution in [0.1, 0.15) is 50.5 Å². The zero-order valence-electron chi connectivity index (χ0n) is 9.42. The van der Waals surface area contributed by atoms with Gasteiger partial charge in [0.2, 0.25) is 0 Å². The quantitative estimate of drug-likeness (QED) is 0.788. The molecule has 82 valence electrons. The second-order valence-electron chi connectivity index (χ2n) is 4.83. The standard InChI is InChI=1S/C12H18N2S/c1-8(2)3-6-11-13-10(9-4-5-9)7-12(15)14-11/h7-9H,3-6H2,1-2H3,(H,13,14,15). The molecular formula is C12H18N2S. The van der Waals surface area contributed by atoms with E-state index in [2.05, 4.69) is 23.8 Å². The molecule has 0 radical (unpaired) electrons. The summed E-state index contributed by atoms with van der Waals surface area (Å²) in [5.41, 5.74) is 1.30. The molecule has 1 aromatic heterocycles. The Bertz CT molecular complexity index is 391. The van der Waals surface area contributed by atoms with Gasteiger partial charge in [-0.15, -0.1) is 0 Å². The Hall–Kier alpha value is -0.700. The minimum atomic E-state index is 0.721. The summed E-state index contributed by atoms with van der Waals surface area (Å²) in [4.78, 5) is 7.80. The largest absolute Gasteiger partial charge is 0.347 e. The average Bonchev–Trinajstić information content (AvgIpc) is 2.97. The highest BCUT2D eigenvalue weighted by Crippen LogP contribution is 2.38. The van der Waals surface area contributed by atoms with E-state index in [0.29, 0.717) is 0 Å². The van der Waals surface area contributed by atoms with Gasteiger partial charge in [-0.05, 0) is 37.2 Å². The topological polar surface area (TPSA) is 28.7 Å². The molecule has 1 aliphatic carbocycles. The minimum absolute atomic E-state index is 0.721. The summed E-state index contributed by atoms with van der Waals surface area (Å²) in [6.07, 6.45) is 4.80. The zero-order valence-corrected chi connectivity index (χ0v) is 10.2. The lowest BCUT2D eigenvalue weighted by molar-refractivity contribution is 0.573. The second-order valence-corrected chi connectivity index (χ2v) is 5.25. The normalized spacial score (nSPS) is 15.9. The summed E-state index contributed by atoms with van der Waals surface area (Å²) >= 11 is 5.18. The molecule has 15 heavy (non-hydrogen) atoms. The molecule has 1 heterocycles. The zero-order chi connectivity index (χ0) is 10.8. The Kier molecular flexibility index (Phi) is 3.19. The molecule has 3 heteroatoms. The first kappa shape index (κ1) is 10.8. The van der Waals surface area contributed by atoms with Gasteiger partial charge in [0, 0.05) is 12.1 Å². The van der Waals surface area contributed by atoms with E-state index in [9.17, 15) is 0 Å². The van der Waals surface area contributed by atoms with E-state index < -0.39 is 0 Å². The van der Waals surface area contributed by atoms with Gasteiger partial charge in [0.15, 0.2) is 0 Å². The van der Waals surface area contributed by atoms with Gasteiger partial charge < -0.3 is 4.98 Å². The van der Waals surface area contributed by atoms with Crippen molar-refractivity contribution in [2.75, 3.05) is 0 Å². The molecule has 2 rings (SSSR count). The molecule has 0 aliphatic heterocycles. The highest BCUT2D eigenvalue weighted by Gasteiger charge is 2.24. The van der Waals surface area contributed by atoms with Crippen LogP contribution in [-0.2, 0) is 6.42 Å². The molecule has 1 fully saturated rings. The number of aromatic nitrogens is 2. The van der Waals surface area contributed by atoms with Crippen molar-refractivity contribution in [1.29, 1.82) is 0 Å². The van der Waals surface area contributed by atoms with Crippen LogP contribution in [0.2, 0.25) is 0 Å². The van der Waals surface area contributed by atoms with Crippen molar-refractivity contribution in [2.45, 2.75) is 45.4 Å². The summed E-state index contributed by atoms with van der Waals surface area (Å²) in [5, 5.41) is 0. The van der Waals surface area contributed by atoms with Gasteiger partial charge in [-0.1, -0.05) is 26.1 Å². The summed E-state index contributed by atoms with van der Waals surface area (Å²) in [6.45, 7) is 4.47. The summed E-state index contributed by atoms with van der Waals surface area (Å²) < 4.78 is 0.745. The van der Waals surface area contributed by atoms with Crippen LogP contribution in [0, 0.1) is 10.6 Å². The first-order valence-corrected chi connectivity index (χ1v) is 6.16. The van der Waals surface area contributed by atoms with Crippen LogP contribution in [0.5, 0.6) is 0 Å². The predicted octanol–water partition coefficient (Wildman–Crippen LogP) is 3.61. The monoisotopic (exact) mass is 222 g/mol. The first-order valence-electron chi connectivity index (χ1n) is 5.75. The Balaban J connectivity index is 2.12. The van der Waals surface area contributed by atoms with Crippen LogP contribution in [0.3, 0.4) is 0 Å². The first-order chi connectivity index (χ1) is 7.15. The third-order valence-corrected chi connectivity index (χ3v) is 3.00. The van der Waals surface area contributed by atoms with E-state index in [4.69, 9.17) is 12.2 Å². The fourth-order valence-corrected chi connectivity index (χ4v) is 1.92. The van der Waals surface area contributed by atoms with E-state index in [1.54, 1.807) is 0 Å². The molecule has 2 nitrogen and oxygen atoms in total. The lowest BCUT2D eigenvalue weighted by atomic mass is 10.1. The molecule has 0 saturated heterocycles. The molecule has 1 saturated carbocycles. The number of hydrogen-bond donors (Lipinski definition) is 1. The summed E-state index contributed by atoms with van der Waals surface area (Å²) in [5.74, 6) is 2.52. The van der Waals surface area contributed by atoms with Gasteiger partial charge in [-0.25, -0.2) is 4.98 Å². The number of H-pyrrole nitrogens is 1. The molecule has 0 spiro atoms. The van der Waals surface area contributed by atoms with E-state index >= 15 is 0 Å². The molecule has 0 bridgehead atoms. The van der Waals surface area contributed by atoms with Crippen molar-refractivity contribution in [3.8, 4) is 0 Å². The number of aromatic amines is 1. The van der Waals surface area contributed by atoms with Gasteiger partial charge >= 0.3 is 0 Å². The Morgan fingerprint density at radius 1 is 1.53 bits per heavy atom. The number of rotatable bonds is 4. The molecule has 1 aromatic rings. The number of nitrogens with zero attached hydrogens (tertiary/aromatic N) is 1. The summed E-state index contributed by atoms with van der Waals surface area (Å²) in [6, 6.07) is 2.02. The Labute approximate surface area is 96.1 Å². The molecule has 1 N–H and O–H groups in total.